The summed E-state index contributed by atoms with van der Waals surface area (Å²) in [6.45, 7) is 0. The fourth-order valence-electron chi connectivity index (χ4n) is 4.34. The van der Waals surface area contributed by atoms with Crippen molar-refractivity contribution >= 4 is 23.2 Å². The number of benzene rings is 3. The van der Waals surface area contributed by atoms with Crippen LogP contribution in [0, 0.1) is 23.0 Å². The highest BCUT2D eigenvalue weighted by atomic mass is 35.5. The lowest BCUT2D eigenvalue weighted by atomic mass is 9.89. The zero-order valence-corrected chi connectivity index (χ0v) is 18.6. The number of anilines is 1. The van der Waals surface area contributed by atoms with Gasteiger partial charge in [0.1, 0.15) is 11.6 Å². The van der Waals surface area contributed by atoms with Crippen LogP contribution in [0.1, 0.15) is 44.2 Å². The minimum Gasteiger partial charge on any atom is -0.347 e. The standard InChI is InChI=1S/C25H12ClF5N4O/c26-18-2-1-14(27)8-16(18)21-20-17(22-23(21)34-10-33-22)3-11(9-32)4-19(20)35-24(36)12-5-13(25(29,30)31)7-15(28)6-12/h1-8,10,21H,(H,33,34)(H,35,36). The van der Waals surface area contributed by atoms with Gasteiger partial charge in [-0.15, -0.1) is 0 Å². The summed E-state index contributed by atoms with van der Waals surface area (Å²) in [5, 5.41) is 12.2. The van der Waals surface area contributed by atoms with Gasteiger partial charge in [-0.25, -0.2) is 13.8 Å². The zero-order chi connectivity index (χ0) is 25.8. The molecular weight excluding hydrogens is 503 g/mol. The molecule has 5 nitrogen and oxygen atoms in total. The van der Waals surface area contributed by atoms with Gasteiger partial charge in [0.25, 0.3) is 5.91 Å². The highest BCUT2D eigenvalue weighted by Gasteiger charge is 2.37. The number of hydrogen-bond acceptors (Lipinski definition) is 3. The number of halogens is 6. The molecule has 2 N–H and O–H groups in total. The monoisotopic (exact) mass is 514 g/mol. The number of hydrogen-bond donors (Lipinski definition) is 2. The lowest BCUT2D eigenvalue weighted by molar-refractivity contribution is -0.137. The Morgan fingerprint density at radius 3 is 2.58 bits per heavy atom. The number of aromatic nitrogens is 2. The Morgan fingerprint density at radius 1 is 1.08 bits per heavy atom. The Labute approximate surface area is 205 Å². The first-order chi connectivity index (χ1) is 17.1. The summed E-state index contributed by atoms with van der Waals surface area (Å²) in [6, 6.07) is 10.1. The predicted molar refractivity (Wildman–Crippen MR) is 120 cm³/mol. The largest absolute Gasteiger partial charge is 0.416 e. The molecule has 0 radical (unpaired) electrons. The summed E-state index contributed by atoms with van der Waals surface area (Å²) >= 11 is 6.38. The Hall–Kier alpha value is -4.23. The third-order valence-corrected chi connectivity index (χ3v) is 6.16. The van der Waals surface area contributed by atoms with Gasteiger partial charge in [0, 0.05) is 21.8 Å². The Morgan fingerprint density at radius 2 is 1.86 bits per heavy atom. The first kappa shape index (κ1) is 23.5. The molecule has 0 saturated carbocycles. The van der Waals surface area contributed by atoms with E-state index in [0.29, 0.717) is 40.2 Å². The van der Waals surface area contributed by atoms with Crippen LogP contribution in [0.2, 0.25) is 5.02 Å². The number of carbonyl (C=O) groups is 1. The maximum atomic E-state index is 14.2. The molecular formula is C25H12ClF5N4O. The van der Waals surface area contributed by atoms with E-state index in [2.05, 4.69) is 15.3 Å². The number of imidazole rings is 1. The van der Waals surface area contributed by atoms with Gasteiger partial charge in [0.05, 0.1) is 40.8 Å². The number of H-pyrrole nitrogens is 1. The number of rotatable bonds is 3. The van der Waals surface area contributed by atoms with E-state index in [1.165, 1.54) is 36.7 Å². The summed E-state index contributed by atoms with van der Waals surface area (Å²) in [7, 11) is 0. The number of nitrogens with zero attached hydrogens (tertiary/aromatic N) is 2. The minimum atomic E-state index is -4.87. The van der Waals surface area contributed by atoms with Gasteiger partial charge in [-0.1, -0.05) is 11.6 Å². The fraction of sp³-hybridized carbons (Fsp3) is 0.0800. The number of amides is 1. The molecule has 4 aromatic rings. The molecule has 1 aliphatic rings. The molecule has 1 heterocycles. The van der Waals surface area contributed by atoms with Crippen LogP contribution in [0.4, 0.5) is 27.6 Å². The molecule has 1 atom stereocenters. The predicted octanol–water partition coefficient (Wildman–Crippen LogP) is 6.64. The minimum absolute atomic E-state index is 0.0589. The van der Waals surface area contributed by atoms with Crippen molar-refractivity contribution in [2.24, 2.45) is 0 Å². The van der Waals surface area contributed by atoms with Crippen molar-refractivity contribution in [2.45, 2.75) is 12.1 Å². The average molecular weight is 515 g/mol. The third-order valence-electron chi connectivity index (χ3n) is 5.81. The SMILES string of the molecule is N#Cc1cc(NC(=O)c2cc(F)cc(C(F)(F)F)c2)c2c(c1)-c1nc[nH]c1C2c1cc(F)ccc1Cl. The highest BCUT2D eigenvalue weighted by Crippen LogP contribution is 2.51. The number of carbonyl (C=O) groups excluding carboxylic acids is 1. The van der Waals surface area contributed by atoms with Crippen LogP contribution in [-0.4, -0.2) is 15.9 Å². The molecule has 5 rings (SSSR count). The molecule has 0 bridgehead atoms. The van der Waals surface area contributed by atoms with Crippen LogP contribution < -0.4 is 5.32 Å². The van der Waals surface area contributed by atoms with Crippen molar-refractivity contribution in [3.63, 3.8) is 0 Å². The fourth-order valence-corrected chi connectivity index (χ4v) is 4.56. The van der Waals surface area contributed by atoms with Crippen LogP contribution in [0.25, 0.3) is 11.3 Å². The van der Waals surface area contributed by atoms with E-state index < -0.39 is 40.8 Å². The number of aromatic amines is 1. The maximum absolute atomic E-state index is 14.2. The Balaban J connectivity index is 1.66. The Kier molecular flexibility index (Phi) is 5.53. The van der Waals surface area contributed by atoms with Crippen molar-refractivity contribution in [3.05, 3.63) is 105 Å². The first-order valence-corrected chi connectivity index (χ1v) is 10.7. The second-order valence-corrected chi connectivity index (χ2v) is 8.45. The molecule has 0 fully saturated rings. The van der Waals surface area contributed by atoms with Gasteiger partial charge in [-0.05, 0) is 59.7 Å². The molecule has 1 aromatic heterocycles. The highest BCUT2D eigenvalue weighted by molar-refractivity contribution is 6.31. The van der Waals surface area contributed by atoms with E-state index in [9.17, 15) is 32.0 Å². The Bertz CT molecular complexity index is 1590. The molecule has 0 aliphatic heterocycles. The van der Waals surface area contributed by atoms with Gasteiger partial charge < -0.3 is 10.3 Å². The third kappa shape index (κ3) is 3.97. The molecule has 1 amide bonds. The molecule has 1 unspecified atom stereocenters. The summed E-state index contributed by atoms with van der Waals surface area (Å²) in [4.78, 5) is 20.2. The van der Waals surface area contributed by atoms with Gasteiger partial charge in [0.2, 0.25) is 0 Å². The van der Waals surface area contributed by atoms with Crippen molar-refractivity contribution in [1.82, 2.24) is 9.97 Å². The average Bonchev–Trinajstić information content (AvgIpc) is 3.41. The summed E-state index contributed by atoms with van der Waals surface area (Å²) in [5.74, 6) is -3.59. The van der Waals surface area contributed by atoms with E-state index in [1.807, 2.05) is 6.07 Å². The number of nitrogens with one attached hydrogen (secondary N) is 2. The smallest absolute Gasteiger partial charge is 0.347 e. The van der Waals surface area contributed by atoms with Crippen LogP contribution in [-0.2, 0) is 6.18 Å². The van der Waals surface area contributed by atoms with E-state index in [1.54, 1.807) is 0 Å². The molecule has 11 heteroatoms. The van der Waals surface area contributed by atoms with Gasteiger partial charge in [-0.2, -0.15) is 18.4 Å². The molecule has 1 aliphatic carbocycles. The molecule has 0 spiro atoms. The number of nitriles is 1. The lowest BCUT2D eigenvalue weighted by Gasteiger charge is -2.19. The number of alkyl halides is 3. The maximum Gasteiger partial charge on any atom is 0.416 e. The zero-order valence-electron chi connectivity index (χ0n) is 17.8. The van der Waals surface area contributed by atoms with Crippen molar-refractivity contribution < 1.29 is 26.7 Å². The second-order valence-electron chi connectivity index (χ2n) is 8.04. The lowest BCUT2D eigenvalue weighted by Crippen LogP contribution is -2.17. The van der Waals surface area contributed by atoms with E-state index in [-0.39, 0.29) is 22.3 Å². The van der Waals surface area contributed by atoms with Crippen molar-refractivity contribution in [3.8, 4) is 17.3 Å². The van der Waals surface area contributed by atoms with Crippen LogP contribution >= 0.6 is 11.6 Å². The first-order valence-electron chi connectivity index (χ1n) is 10.3. The summed E-state index contributed by atoms with van der Waals surface area (Å²) in [6.07, 6.45) is -3.46. The van der Waals surface area contributed by atoms with Gasteiger partial charge in [-0.3, -0.25) is 4.79 Å². The number of fused-ring (bicyclic) bond motifs is 3. The van der Waals surface area contributed by atoms with Crippen molar-refractivity contribution in [2.75, 3.05) is 5.32 Å². The van der Waals surface area contributed by atoms with E-state index in [0.717, 1.165) is 0 Å². The van der Waals surface area contributed by atoms with Crippen LogP contribution in [0.3, 0.4) is 0 Å². The quantitative estimate of drug-likeness (QED) is 0.265. The van der Waals surface area contributed by atoms with Crippen LogP contribution in [0.15, 0.2) is 54.9 Å². The molecule has 0 saturated heterocycles. The van der Waals surface area contributed by atoms with Gasteiger partial charge >= 0.3 is 6.18 Å². The van der Waals surface area contributed by atoms with E-state index >= 15 is 0 Å². The molecule has 36 heavy (non-hydrogen) atoms. The summed E-state index contributed by atoms with van der Waals surface area (Å²) in [5.41, 5.74) is 0.425. The van der Waals surface area contributed by atoms with Crippen LogP contribution in [0.5, 0.6) is 0 Å². The van der Waals surface area contributed by atoms with Gasteiger partial charge in [0.15, 0.2) is 0 Å². The topological polar surface area (TPSA) is 81.6 Å². The molecule has 180 valence electrons. The summed E-state index contributed by atoms with van der Waals surface area (Å²) < 4.78 is 67.6. The molecule has 3 aromatic carbocycles. The normalized spacial score (nSPS) is 14.2. The van der Waals surface area contributed by atoms with Crippen molar-refractivity contribution in [1.29, 1.82) is 5.26 Å². The second kappa shape index (κ2) is 8.46. The van der Waals surface area contributed by atoms with E-state index in [4.69, 9.17) is 11.6 Å².